The number of fused-ring (bicyclic) bond motifs is 3. The van der Waals surface area contributed by atoms with Gasteiger partial charge in [-0.05, 0) is 49.4 Å². The van der Waals surface area contributed by atoms with Crippen LogP contribution in [0.1, 0.15) is 28.1 Å². The van der Waals surface area contributed by atoms with Crippen molar-refractivity contribution in [3.63, 3.8) is 0 Å². The summed E-state index contributed by atoms with van der Waals surface area (Å²) in [5.74, 6) is 0. The number of hydrogen-bond acceptors (Lipinski definition) is 5. The van der Waals surface area contributed by atoms with Crippen LogP contribution in [0, 0.1) is 11.6 Å². The maximum atomic E-state index is 5.66. The van der Waals surface area contributed by atoms with Crippen molar-refractivity contribution in [2.24, 2.45) is 0 Å². The summed E-state index contributed by atoms with van der Waals surface area (Å²) in [7, 11) is 0. The molecule has 5 rings (SSSR count). The summed E-state index contributed by atoms with van der Waals surface area (Å²) in [4.78, 5) is 0. The Bertz CT molecular complexity index is 1240. The molecule has 0 fully saturated rings. The van der Waals surface area contributed by atoms with Crippen LogP contribution >= 0.6 is 23.6 Å². The third kappa shape index (κ3) is 3.66. The van der Waals surface area contributed by atoms with Gasteiger partial charge in [0.2, 0.25) is 0 Å². The molecule has 0 N–H and O–H groups in total. The maximum Gasteiger partial charge on any atom is 0.147 e. The lowest BCUT2D eigenvalue weighted by atomic mass is 10.00. The normalized spacial score (nSPS) is 12.9. The summed E-state index contributed by atoms with van der Waals surface area (Å²) in [6, 6.07) is 18.9. The molecule has 0 aliphatic heterocycles. The van der Waals surface area contributed by atoms with Gasteiger partial charge in [-0.25, -0.2) is 4.68 Å². The van der Waals surface area contributed by atoms with Gasteiger partial charge in [-0.15, -0.1) is 10.2 Å². The first-order valence-corrected chi connectivity index (χ1v) is 11.0. The van der Waals surface area contributed by atoms with Gasteiger partial charge < -0.3 is 0 Å². The van der Waals surface area contributed by atoms with E-state index in [0.717, 1.165) is 45.2 Å². The molecule has 2 aromatic heterocycles. The fraction of sp³-hybridized carbons (Fsp3) is 0.217. The lowest BCUT2D eigenvalue weighted by Gasteiger charge is -2.12. The Morgan fingerprint density at radius 1 is 1.00 bits per heavy atom. The van der Waals surface area contributed by atoms with Crippen molar-refractivity contribution in [2.75, 3.05) is 0 Å². The van der Waals surface area contributed by atoms with Gasteiger partial charge >= 0.3 is 0 Å². The Balaban J connectivity index is 1.53. The molecule has 1 aliphatic carbocycles. The third-order valence-corrected chi connectivity index (χ3v) is 6.55. The zero-order valence-electron chi connectivity index (χ0n) is 16.1. The van der Waals surface area contributed by atoms with Crippen molar-refractivity contribution >= 4 is 23.6 Å². The quantitative estimate of drug-likeness (QED) is 0.405. The summed E-state index contributed by atoms with van der Waals surface area (Å²) in [6.07, 6.45) is 3.22. The Kier molecular flexibility index (Phi) is 4.81. The molecule has 6 heteroatoms. The second-order valence-corrected chi connectivity index (χ2v) is 8.88. The number of nitrogens with zero attached hydrogens (tertiary/aromatic N) is 4. The number of rotatable bonds is 3. The van der Waals surface area contributed by atoms with Crippen LogP contribution < -0.4 is 0 Å². The van der Waals surface area contributed by atoms with Gasteiger partial charge in [0.15, 0.2) is 0 Å². The SMILES string of the molecule is Cc1ccc2c(c1)-c1nn(Cc3nnc(-c4ccccc4)s3)c(=S)cc1CCC2. The molecule has 0 unspecified atom stereocenters. The second-order valence-electron chi connectivity index (χ2n) is 7.40. The monoisotopic (exact) mass is 416 g/mol. The van der Waals surface area contributed by atoms with Crippen molar-refractivity contribution in [3.8, 4) is 21.8 Å². The number of aromatic nitrogens is 4. The van der Waals surface area contributed by atoms with Gasteiger partial charge in [0, 0.05) is 11.1 Å². The molecule has 0 saturated heterocycles. The Labute approximate surface area is 178 Å². The minimum Gasteiger partial charge on any atom is -0.247 e. The highest BCUT2D eigenvalue weighted by Gasteiger charge is 2.18. The zero-order chi connectivity index (χ0) is 19.8. The highest BCUT2D eigenvalue weighted by Crippen LogP contribution is 2.32. The average molecular weight is 417 g/mol. The average Bonchev–Trinajstić information content (AvgIpc) is 3.13. The maximum absolute atomic E-state index is 5.66. The van der Waals surface area contributed by atoms with Crippen LogP contribution in [0.25, 0.3) is 21.8 Å². The Hall–Kier alpha value is -2.70. The molecular weight excluding hydrogens is 396 g/mol. The molecule has 144 valence electrons. The van der Waals surface area contributed by atoms with Crippen LogP contribution in [0.3, 0.4) is 0 Å². The summed E-state index contributed by atoms with van der Waals surface area (Å²) < 4.78 is 2.64. The van der Waals surface area contributed by atoms with Gasteiger partial charge in [-0.1, -0.05) is 71.6 Å². The summed E-state index contributed by atoms with van der Waals surface area (Å²) in [5, 5.41) is 15.5. The molecule has 2 heterocycles. The van der Waals surface area contributed by atoms with Gasteiger partial charge in [0.25, 0.3) is 0 Å². The first-order chi connectivity index (χ1) is 14.2. The van der Waals surface area contributed by atoms with Crippen LogP contribution in [-0.4, -0.2) is 20.0 Å². The van der Waals surface area contributed by atoms with Crippen molar-refractivity contribution in [3.05, 3.63) is 80.9 Å². The molecule has 29 heavy (non-hydrogen) atoms. The van der Waals surface area contributed by atoms with Gasteiger partial charge in [-0.3, -0.25) is 0 Å². The van der Waals surface area contributed by atoms with Crippen LogP contribution in [0.2, 0.25) is 0 Å². The van der Waals surface area contributed by atoms with Crippen LogP contribution in [0.5, 0.6) is 0 Å². The molecule has 4 aromatic rings. The first-order valence-electron chi connectivity index (χ1n) is 9.76. The smallest absolute Gasteiger partial charge is 0.147 e. The number of hydrogen-bond donors (Lipinski definition) is 0. The van der Waals surface area contributed by atoms with E-state index in [0.29, 0.717) is 6.54 Å². The van der Waals surface area contributed by atoms with E-state index in [9.17, 15) is 0 Å². The van der Waals surface area contributed by atoms with Gasteiger partial charge in [0.1, 0.15) is 14.7 Å². The van der Waals surface area contributed by atoms with Crippen LogP contribution in [-0.2, 0) is 19.4 Å². The van der Waals surface area contributed by atoms with Crippen molar-refractivity contribution in [1.82, 2.24) is 20.0 Å². The predicted molar refractivity (Wildman–Crippen MR) is 120 cm³/mol. The molecule has 1 aliphatic rings. The molecule has 2 aromatic carbocycles. The minimum absolute atomic E-state index is 0.539. The van der Waals surface area contributed by atoms with E-state index in [1.807, 2.05) is 22.9 Å². The van der Waals surface area contributed by atoms with Crippen LogP contribution in [0.4, 0.5) is 0 Å². The fourth-order valence-corrected chi connectivity index (χ4v) is 4.87. The molecule has 0 atom stereocenters. The second kappa shape index (κ2) is 7.61. The zero-order valence-corrected chi connectivity index (χ0v) is 17.8. The van der Waals surface area contributed by atoms with E-state index in [1.165, 1.54) is 22.3 Å². The number of benzene rings is 2. The van der Waals surface area contributed by atoms with E-state index >= 15 is 0 Å². The molecule has 0 saturated carbocycles. The van der Waals surface area contributed by atoms with Gasteiger partial charge in [0.05, 0.1) is 12.2 Å². The first kappa shape index (κ1) is 18.3. The van der Waals surface area contributed by atoms with E-state index in [4.69, 9.17) is 17.3 Å². The molecule has 0 radical (unpaired) electrons. The summed E-state index contributed by atoms with van der Waals surface area (Å²) >= 11 is 7.25. The Morgan fingerprint density at radius 3 is 2.69 bits per heavy atom. The predicted octanol–water partition coefficient (Wildman–Crippen LogP) is 5.64. The lowest BCUT2D eigenvalue weighted by Crippen LogP contribution is -2.09. The highest BCUT2D eigenvalue weighted by molar-refractivity contribution is 7.71. The van der Waals surface area contributed by atoms with E-state index < -0.39 is 0 Å². The van der Waals surface area contributed by atoms with Crippen molar-refractivity contribution in [1.29, 1.82) is 0 Å². The molecule has 0 bridgehead atoms. The lowest BCUT2D eigenvalue weighted by molar-refractivity contribution is 0.646. The highest BCUT2D eigenvalue weighted by atomic mass is 32.1. The molecule has 4 nitrogen and oxygen atoms in total. The standard InChI is InChI=1S/C23H20N4S2/c1-15-10-11-16-8-5-9-18-13-21(28)27(26-22(18)19(16)12-15)14-20-24-25-23(29-20)17-6-3-2-4-7-17/h2-4,6-7,10-13H,5,8-9,14H2,1H3. The largest absolute Gasteiger partial charge is 0.247 e. The van der Waals surface area contributed by atoms with Crippen LogP contribution in [0.15, 0.2) is 54.6 Å². The van der Waals surface area contributed by atoms with Crippen molar-refractivity contribution in [2.45, 2.75) is 32.7 Å². The van der Waals surface area contributed by atoms with E-state index in [2.05, 4.69) is 53.5 Å². The molecular formula is C23H20N4S2. The number of aryl methyl sites for hydroxylation is 3. The minimum atomic E-state index is 0.539. The summed E-state index contributed by atoms with van der Waals surface area (Å²) in [5.41, 5.74) is 7.25. The van der Waals surface area contributed by atoms with Gasteiger partial charge in [-0.2, -0.15) is 5.10 Å². The molecule has 0 spiro atoms. The topological polar surface area (TPSA) is 43.6 Å². The Morgan fingerprint density at radius 2 is 1.83 bits per heavy atom. The van der Waals surface area contributed by atoms with Crippen molar-refractivity contribution < 1.29 is 0 Å². The van der Waals surface area contributed by atoms with E-state index in [-0.39, 0.29) is 0 Å². The summed E-state index contributed by atoms with van der Waals surface area (Å²) in [6.45, 7) is 2.67. The van der Waals surface area contributed by atoms with E-state index in [1.54, 1.807) is 11.3 Å². The third-order valence-electron chi connectivity index (χ3n) is 5.26. The molecule has 0 amide bonds. The fourth-order valence-electron chi connectivity index (χ4n) is 3.80.